The topological polar surface area (TPSA) is 72.5 Å². The van der Waals surface area contributed by atoms with Gasteiger partial charge in [0.25, 0.3) is 0 Å². The Balaban J connectivity index is 3.11. The van der Waals surface area contributed by atoms with E-state index in [4.69, 9.17) is 23.2 Å². The third kappa shape index (κ3) is 4.85. The molecule has 1 rings (SSSR count). The van der Waals surface area contributed by atoms with Gasteiger partial charge in [0.2, 0.25) is 10.0 Å². The number of sulfonamides is 1. The van der Waals surface area contributed by atoms with Gasteiger partial charge >= 0.3 is 5.97 Å². The summed E-state index contributed by atoms with van der Waals surface area (Å²) in [4.78, 5) is 11.5. The van der Waals surface area contributed by atoms with E-state index in [9.17, 15) is 13.2 Å². The van der Waals surface area contributed by atoms with E-state index in [-0.39, 0.29) is 20.9 Å². The summed E-state index contributed by atoms with van der Waals surface area (Å²) in [5.74, 6) is -0.544. The maximum absolute atomic E-state index is 12.4. The maximum Gasteiger partial charge on any atom is 0.323 e. The molecule has 0 saturated carbocycles. The number of nitrogens with one attached hydrogen (secondary N) is 1. The second kappa shape index (κ2) is 7.45. The average Bonchev–Trinajstić information content (AvgIpc) is 2.39. The number of halogens is 2. The fourth-order valence-electron chi connectivity index (χ4n) is 1.75. The van der Waals surface area contributed by atoms with Gasteiger partial charge in [0, 0.05) is 0 Å². The number of carbonyl (C=O) groups is 1. The van der Waals surface area contributed by atoms with Crippen LogP contribution in [-0.4, -0.2) is 27.5 Å². The molecule has 0 bridgehead atoms. The monoisotopic (exact) mass is 353 g/mol. The molecule has 0 spiro atoms. The Morgan fingerprint density at radius 1 is 1.33 bits per heavy atom. The summed E-state index contributed by atoms with van der Waals surface area (Å²) < 4.78 is 31.6. The molecule has 1 aromatic rings. The minimum absolute atomic E-state index is 0.0835. The molecule has 0 radical (unpaired) electrons. The first-order valence-electron chi connectivity index (χ1n) is 6.23. The molecule has 0 aliphatic carbocycles. The number of carbonyl (C=O) groups excluding carboxylic acids is 1. The van der Waals surface area contributed by atoms with E-state index < -0.39 is 22.0 Å². The van der Waals surface area contributed by atoms with Crippen molar-refractivity contribution in [3.63, 3.8) is 0 Å². The van der Waals surface area contributed by atoms with Gasteiger partial charge in [0.1, 0.15) is 10.9 Å². The fourth-order valence-corrected chi connectivity index (χ4v) is 3.71. The van der Waals surface area contributed by atoms with Gasteiger partial charge in [-0.25, -0.2) is 8.42 Å². The highest BCUT2D eigenvalue weighted by Gasteiger charge is 2.28. The Morgan fingerprint density at radius 3 is 2.48 bits per heavy atom. The van der Waals surface area contributed by atoms with E-state index in [1.165, 1.54) is 25.3 Å². The molecule has 0 heterocycles. The number of methoxy groups -OCH3 is 1. The summed E-state index contributed by atoms with van der Waals surface area (Å²) in [7, 11) is -2.78. The van der Waals surface area contributed by atoms with Crippen LogP contribution in [0.4, 0.5) is 0 Å². The lowest BCUT2D eigenvalue weighted by atomic mass is 10.1. The molecule has 1 N–H and O–H groups in total. The first-order chi connectivity index (χ1) is 9.69. The second-order valence-corrected chi connectivity index (χ2v) is 7.35. The van der Waals surface area contributed by atoms with Crippen molar-refractivity contribution < 1.29 is 17.9 Å². The zero-order valence-electron chi connectivity index (χ0n) is 11.9. The van der Waals surface area contributed by atoms with Crippen LogP contribution in [0.2, 0.25) is 10.0 Å². The molecule has 1 atom stereocenters. The van der Waals surface area contributed by atoms with Crippen molar-refractivity contribution in [2.24, 2.45) is 5.92 Å². The van der Waals surface area contributed by atoms with Crippen LogP contribution in [0, 0.1) is 5.92 Å². The van der Waals surface area contributed by atoms with Crippen LogP contribution < -0.4 is 4.72 Å². The largest absolute Gasteiger partial charge is 0.468 e. The molecule has 0 aliphatic heterocycles. The maximum atomic E-state index is 12.4. The SMILES string of the molecule is COC(=O)[C@H](CC(C)C)NS(=O)(=O)c1cccc(Cl)c1Cl. The third-order valence-electron chi connectivity index (χ3n) is 2.70. The van der Waals surface area contributed by atoms with Crippen molar-refractivity contribution in [2.75, 3.05) is 7.11 Å². The van der Waals surface area contributed by atoms with Gasteiger partial charge in [-0.3, -0.25) is 4.79 Å². The molecule has 21 heavy (non-hydrogen) atoms. The zero-order chi connectivity index (χ0) is 16.2. The van der Waals surface area contributed by atoms with Gasteiger partial charge < -0.3 is 4.74 Å². The molecule has 0 fully saturated rings. The molecule has 8 heteroatoms. The van der Waals surface area contributed by atoms with E-state index >= 15 is 0 Å². The predicted molar refractivity (Wildman–Crippen MR) is 82.0 cm³/mol. The molecule has 0 saturated heterocycles. The summed E-state index contributed by atoms with van der Waals surface area (Å²) in [6.45, 7) is 3.74. The summed E-state index contributed by atoms with van der Waals surface area (Å²) >= 11 is 11.7. The number of hydrogen-bond donors (Lipinski definition) is 1. The Morgan fingerprint density at radius 2 is 1.95 bits per heavy atom. The third-order valence-corrected chi connectivity index (χ3v) is 5.14. The first-order valence-corrected chi connectivity index (χ1v) is 8.47. The highest BCUT2D eigenvalue weighted by Crippen LogP contribution is 2.29. The van der Waals surface area contributed by atoms with Gasteiger partial charge in [0.05, 0.1) is 17.2 Å². The first kappa shape index (κ1) is 18.2. The number of rotatable bonds is 6. The summed E-state index contributed by atoms with van der Waals surface area (Å²) in [6, 6.07) is 3.29. The lowest BCUT2D eigenvalue weighted by molar-refractivity contribution is -0.143. The smallest absolute Gasteiger partial charge is 0.323 e. The Hall–Kier alpha value is -0.820. The molecule has 0 aliphatic rings. The molecule has 0 amide bonds. The van der Waals surface area contributed by atoms with Gasteiger partial charge in [-0.1, -0.05) is 43.1 Å². The number of hydrogen-bond acceptors (Lipinski definition) is 4. The number of ether oxygens (including phenoxy) is 1. The van der Waals surface area contributed by atoms with E-state index in [2.05, 4.69) is 9.46 Å². The van der Waals surface area contributed by atoms with E-state index in [1.807, 2.05) is 13.8 Å². The quantitative estimate of drug-likeness (QED) is 0.798. The fraction of sp³-hybridized carbons (Fsp3) is 0.462. The molecule has 5 nitrogen and oxygen atoms in total. The van der Waals surface area contributed by atoms with Crippen LogP contribution in [0.25, 0.3) is 0 Å². The summed E-state index contributed by atoms with van der Waals surface area (Å²) in [5, 5.41) is 0.0397. The molecular formula is C13H17Cl2NO4S. The lowest BCUT2D eigenvalue weighted by Gasteiger charge is -2.18. The molecule has 0 unspecified atom stereocenters. The van der Waals surface area contributed by atoms with Crippen LogP contribution in [0.3, 0.4) is 0 Å². The highest BCUT2D eigenvalue weighted by atomic mass is 35.5. The number of esters is 1. The van der Waals surface area contributed by atoms with Crippen molar-refractivity contribution in [1.82, 2.24) is 4.72 Å². The minimum Gasteiger partial charge on any atom is -0.468 e. The highest BCUT2D eigenvalue weighted by molar-refractivity contribution is 7.89. The molecular weight excluding hydrogens is 337 g/mol. The second-order valence-electron chi connectivity index (χ2n) is 4.88. The van der Waals surface area contributed by atoms with Gasteiger partial charge in [-0.15, -0.1) is 0 Å². The molecule has 0 aromatic heterocycles. The van der Waals surface area contributed by atoms with Crippen LogP contribution >= 0.6 is 23.2 Å². The van der Waals surface area contributed by atoms with Crippen LogP contribution in [0.5, 0.6) is 0 Å². The van der Waals surface area contributed by atoms with Crippen LogP contribution in [0.1, 0.15) is 20.3 Å². The Bertz CT molecular complexity index is 617. The predicted octanol–water partition coefficient (Wildman–Crippen LogP) is 2.86. The zero-order valence-corrected chi connectivity index (χ0v) is 14.2. The van der Waals surface area contributed by atoms with Crippen molar-refractivity contribution in [2.45, 2.75) is 31.2 Å². The normalized spacial score (nSPS) is 13.2. The standard InChI is InChI=1S/C13H17Cl2NO4S/c1-8(2)7-10(13(17)20-3)16-21(18,19)11-6-4-5-9(14)12(11)15/h4-6,8,10,16H,7H2,1-3H3/t10-/m0/s1. The molecule has 118 valence electrons. The van der Waals surface area contributed by atoms with Crippen molar-refractivity contribution in [1.29, 1.82) is 0 Å². The Kier molecular flexibility index (Phi) is 6.46. The van der Waals surface area contributed by atoms with E-state index in [0.717, 1.165) is 0 Å². The average molecular weight is 354 g/mol. The van der Waals surface area contributed by atoms with Crippen molar-refractivity contribution in [3.05, 3.63) is 28.2 Å². The Labute approximate surface area is 134 Å². The van der Waals surface area contributed by atoms with Gasteiger partial charge in [-0.05, 0) is 24.5 Å². The molecule has 1 aromatic carbocycles. The van der Waals surface area contributed by atoms with Crippen LogP contribution in [-0.2, 0) is 19.6 Å². The van der Waals surface area contributed by atoms with E-state index in [1.54, 1.807) is 0 Å². The minimum atomic E-state index is -3.98. The van der Waals surface area contributed by atoms with Crippen molar-refractivity contribution >= 4 is 39.2 Å². The number of benzene rings is 1. The van der Waals surface area contributed by atoms with Gasteiger partial charge in [-0.2, -0.15) is 4.72 Å². The van der Waals surface area contributed by atoms with Crippen LogP contribution in [0.15, 0.2) is 23.1 Å². The van der Waals surface area contributed by atoms with Gasteiger partial charge in [0.15, 0.2) is 0 Å². The summed E-state index contributed by atoms with van der Waals surface area (Å²) in [6.07, 6.45) is 0.310. The van der Waals surface area contributed by atoms with Crippen molar-refractivity contribution in [3.8, 4) is 0 Å². The van der Waals surface area contributed by atoms with E-state index in [0.29, 0.717) is 6.42 Å². The summed E-state index contributed by atoms with van der Waals surface area (Å²) in [5.41, 5.74) is 0. The lowest BCUT2D eigenvalue weighted by Crippen LogP contribution is -2.42.